The Bertz CT molecular complexity index is 834. The Morgan fingerprint density at radius 3 is 2.30 bits per heavy atom. The number of halogens is 1. The monoisotopic (exact) mass is 388 g/mol. The third-order valence-corrected chi connectivity index (χ3v) is 3.96. The fourth-order valence-electron chi connectivity index (χ4n) is 2.33. The second-order valence-corrected chi connectivity index (χ2v) is 6.52. The van der Waals surface area contributed by atoms with Crippen LogP contribution >= 0.6 is 11.6 Å². The van der Waals surface area contributed by atoms with Crippen molar-refractivity contribution >= 4 is 40.8 Å². The molecule has 27 heavy (non-hydrogen) atoms. The fraction of sp³-hybridized carbons (Fsp3) is 0.250. The summed E-state index contributed by atoms with van der Waals surface area (Å²) < 4.78 is 4.91. The number of carbonyl (C=O) groups excluding carboxylic acids is 3. The summed E-state index contributed by atoms with van der Waals surface area (Å²) in [6, 6.07) is 12.3. The maximum absolute atomic E-state index is 11.9. The molecule has 2 N–H and O–H groups in total. The molecule has 0 atom stereocenters. The van der Waals surface area contributed by atoms with E-state index in [4.69, 9.17) is 16.3 Å². The van der Waals surface area contributed by atoms with Crippen LogP contribution in [0.25, 0.3) is 0 Å². The number of ether oxygens (including phenoxy) is 1. The molecule has 2 amide bonds. The van der Waals surface area contributed by atoms with E-state index >= 15 is 0 Å². The van der Waals surface area contributed by atoms with Gasteiger partial charge in [-0.1, -0.05) is 29.3 Å². The van der Waals surface area contributed by atoms with E-state index in [9.17, 15) is 14.4 Å². The van der Waals surface area contributed by atoms with Gasteiger partial charge in [-0.15, -0.1) is 0 Å². The molecule has 0 aliphatic heterocycles. The van der Waals surface area contributed by atoms with Gasteiger partial charge >= 0.3 is 5.97 Å². The number of anilines is 2. The number of aryl methyl sites for hydroxylation is 2. The van der Waals surface area contributed by atoms with Gasteiger partial charge in [-0.25, -0.2) is 0 Å². The van der Waals surface area contributed by atoms with Crippen LogP contribution in [0.4, 0.5) is 11.4 Å². The van der Waals surface area contributed by atoms with Crippen molar-refractivity contribution in [1.82, 2.24) is 0 Å². The number of hydrogen-bond acceptors (Lipinski definition) is 4. The minimum atomic E-state index is -0.614. The average molecular weight is 389 g/mol. The van der Waals surface area contributed by atoms with Crippen LogP contribution in [0.1, 0.15) is 24.0 Å². The zero-order chi connectivity index (χ0) is 19.8. The molecule has 0 heterocycles. The molecule has 0 radical (unpaired) electrons. The van der Waals surface area contributed by atoms with Crippen LogP contribution in [-0.2, 0) is 19.1 Å². The SMILES string of the molecule is Cc1ccc(NC(=O)COC(=O)CCC(=O)Nc2ccc(Cl)cc2)c(C)c1. The van der Waals surface area contributed by atoms with Gasteiger partial charge in [0.15, 0.2) is 6.61 Å². The van der Waals surface area contributed by atoms with E-state index in [1.165, 1.54) is 0 Å². The molecule has 0 fully saturated rings. The molecule has 0 bridgehead atoms. The van der Waals surface area contributed by atoms with Crippen LogP contribution < -0.4 is 10.6 Å². The Morgan fingerprint density at radius 2 is 1.63 bits per heavy atom. The summed E-state index contributed by atoms with van der Waals surface area (Å²) >= 11 is 5.77. The van der Waals surface area contributed by atoms with Crippen molar-refractivity contribution in [3.8, 4) is 0 Å². The maximum Gasteiger partial charge on any atom is 0.306 e. The average Bonchev–Trinajstić information content (AvgIpc) is 2.62. The van der Waals surface area contributed by atoms with Crippen molar-refractivity contribution in [3.05, 3.63) is 58.6 Å². The summed E-state index contributed by atoms with van der Waals surface area (Å²) in [4.78, 5) is 35.4. The van der Waals surface area contributed by atoms with E-state index in [1.807, 2.05) is 26.0 Å². The van der Waals surface area contributed by atoms with Crippen molar-refractivity contribution in [3.63, 3.8) is 0 Å². The first-order valence-corrected chi connectivity index (χ1v) is 8.79. The molecular weight excluding hydrogens is 368 g/mol. The van der Waals surface area contributed by atoms with Crippen LogP contribution in [0.2, 0.25) is 5.02 Å². The van der Waals surface area contributed by atoms with Crippen molar-refractivity contribution in [2.45, 2.75) is 26.7 Å². The Labute approximate surface area is 162 Å². The van der Waals surface area contributed by atoms with Gasteiger partial charge in [0.05, 0.1) is 6.42 Å². The highest BCUT2D eigenvalue weighted by Crippen LogP contribution is 2.16. The fourth-order valence-corrected chi connectivity index (χ4v) is 2.46. The Balaban J connectivity index is 1.69. The standard InChI is InChI=1S/C20H21ClN2O4/c1-13-3-8-17(14(2)11-13)23-19(25)12-27-20(26)10-9-18(24)22-16-6-4-15(21)5-7-16/h3-8,11H,9-10,12H2,1-2H3,(H,22,24)(H,23,25). The minimum absolute atomic E-state index is 0.0415. The van der Waals surface area contributed by atoms with Gasteiger partial charge in [-0.2, -0.15) is 0 Å². The summed E-state index contributed by atoms with van der Waals surface area (Å²) in [5, 5.41) is 5.90. The van der Waals surface area contributed by atoms with E-state index in [0.717, 1.165) is 11.1 Å². The number of benzene rings is 2. The van der Waals surface area contributed by atoms with Gasteiger partial charge < -0.3 is 15.4 Å². The number of rotatable bonds is 7. The first-order valence-electron chi connectivity index (χ1n) is 8.41. The molecular formula is C20H21ClN2O4. The number of carbonyl (C=O) groups is 3. The van der Waals surface area contributed by atoms with Gasteiger partial charge in [0.2, 0.25) is 5.91 Å². The molecule has 6 nitrogen and oxygen atoms in total. The van der Waals surface area contributed by atoms with Gasteiger partial charge in [0.25, 0.3) is 5.91 Å². The van der Waals surface area contributed by atoms with Crippen molar-refractivity contribution in [2.75, 3.05) is 17.2 Å². The number of amides is 2. The number of nitrogens with one attached hydrogen (secondary N) is 2. The van der Waals surface area contributed by atoms with Crippen LogP contribution in [-0.4, -0.2) is 24.4 Å². The smallest absolute Gasteiger partial charge is 0.306 e. The number of esters is 1. The molecule has 2 aromatic carbocycles. The van der Waals surface area contributed by atoms with E-state index in [1.54, 1.807) is 30.3 Å². The molecule has 142 valence electrons. The lowest BCUT2D eigenvalue weighted by Crippen LogP contribution is -2.22. The first kappa shape index (κ1) is 20.5. The molecule has 0 aliphatic carbocycles. The molecule has 0 saturated heterocycles. The Morgan fingerprint density at radius 1 is 0.926 bits per heavy atom. The molecule has 0 aliphatic rings. The third kappa shape index (κ3) is 7.11. The summed E-state index contributed by atoms with van der Waals surface area (Å²) in [6.07, 6.45) is -0.156. The first-order chi connectivity index (χ1) is 12.8. The Kier molecular flexibility index (Phi) is 7.37. The predicted molar refractivity (Wildman–Crippen MR) is 105 cm³/mol. The van der Waals surface area contributed by atoms with E-state index in [2.05, 4.69) is 10.6 Å². The lowest BCUT2D eigenvalue weighted by Gasteiger charge is -2.10. The second-order valence-electron chi connectivity index (χ2n) is 6.08. The molecule has 0 spiro atoms. The van der Waals surface area contributed by atoms with Gasteiger partial charge in [0, 0.05) is 22.8 Å². The lowest BCUT2D eigenvalue weighted by molar-refractivity contribution is -0.147. The molecule has 2 rings (SSSR count). The van der Waals surface area contributed by atoms with Crippen molar-refractivity contribution in [2.24, 2.45) is 0 Å². The van der Waals surface area contributed by atoms with Crippen LogP contribution in [0.3, 0.4) is 0 Å². The lowest BCUT2D eigenvalue weighted by atomic mass is 10.1. The minimum Gasteiger partial charge on any atom is -0.456 e. The highest BCUT2D eigenvalue weighted by molar-refractivity contribution is 6.30. The summed E-state index contributed by atoms with van der Waals surface area (Å²) in [5.74, 6) is -1.37. The normalized spacial score (nSPS) is 10.2. The molecule has 0 aromatic heterocycles. The molecule has 2 aromatic rings. The van der Waals surface area contributed by atoms with Crippen molar-refractivity contribution < 1.29 is 19.1 Å². The van der Waals surface area contributed by atoms with E-state index in [-0.39, 0.29) is 18.7 Å². The topological polar surface area (TPSA) is 84.5 Å². The van der Waals surface area contributed by atoms with Gasteiger partial charge in [-0.3, -0.25) is 14.4 Å². The second kappa shape index (κ2) is 9.73. The Hall–Kier alpha value is -2.86. The highest BCUT2D eigenvalue weighted by atomic mass is 35.5. The molecule has 0 unspecified atom stereocenters. The van der Waals surface area contributed by atoms with Crippen LogP contribution in [0, 0.1) is 13.8 Å². The summed E-state index contributed by atoms with van der Waals surface area (Å²) in [5.41, 5.74) is 3.27. The number of hydrogen-bond donors (Lipinski definition) is 2. The van der Waals surface area contributed by atoms with E-state index in [0.29, 0.717) is 16.4 Å². The quantitative estimate of drug-likeness (QED) is 0.705. The largest absolute Gasteiger partial charge is 0.456 e. The molecule has 0 saturated carbocycles. The van der Waals surface area contributed by atoms with Gasteiger partial charge in [-0.05, 0) is 49.7 Å². The van der Waals surface area contributed by atoms with E-state index < -0.39 is 18.5 Å². The van der Waals surface area contributed by atoms with Crippen molar-refractivity contribution in [1.29, 1.82) is 0 Å². The maximum atomic E-state index is 11.9. The summed E-state index contributed by atoms with van der Waals surface area (Å²) in [7, 11) is 0. The zero-order valence-electron chi connectivity index (χ0n) is 15.2. The summed E-state index contributed by atoms with van der Waals surface area (Å²) in [6.45, 7) is 3.45. The molecule has 7 heteroatoms. The zero-order valence-corrected chi connectivity index (χ0v) is 15.9. The third-order valence-electron chi connectivity index (χ3n) is 3.70. The van der Waals surface area contributed by atoms with Crippen LogP contribution in [0.5, 0.6) is 0 Å². The van der Waals surface area contributed by atoms with Crippen LogP contribution in [0.15, 0.2) is 42.5 Å². The predicted octanol–water partition coefficient (Wildman–Crippen LogP) is 3.86. The van der Waals surface area contributed by atoms with Gasteiger partial charge in [0.1, 0.15) is 0 Å². The highest BCUT2D eigenvalue weighted by Gasteiger charge is 2.11.